The Morgan fingerprint density at radius 2 is 1.91 bits per heavy atom. The predicted molar refractivity (Wildman–Crippen MR) is 88.0 cm³/mol. The molecule has 3 rings (SSSR count). The van der Waals surface area contributed by atoms with Crippen LogP contribution in [0.2, 0.25) is 0 Å². The van der Waals surface area contributed by atoms with E-state index in [4.69, 9.17) is 0 Å². The molecule has 1 N–H and O–H groups in total. The van der Waals surface area contributed by atoms with Gasteiger partial charge in [0, 0.05) is 7.05 Å². The molecule has 1 heterocycles. The van der Waals surface area contributed by atoms with Crippen LogP contribution in [-0.2, 0) is 23.5 Å². The third-order valence-corrected chi connectivity index (χ3v) is 5.59. The Kier molecular flexibility index (Phi) is 3.56. The van der Waals surface area contributed by atoms with E-state index >= 15 is 0 Å². The van der Waals surface area contributed by atoms with Gasteiger partial charge in [0.25, 0.3) is 10.0 Å². The van der Waals surface area contributed by atoms with Gasteiger partial charge in [0.1, 0.15) is 0 Å². The van der Waals surface area contributed by atoms with Gasteiger partial charge in [-0.2, -0.15) is 5.10 Å². The third kappa shape index (κ3) is 2.54. The van der Waals surface area contributed by atoms with Crippen LogP contribution in [0.25, 0.3) is 6.08 Å². The molecule has 0 aliphatic heterocycles. The van der Waals surface area contributed by atoms with Gasteiger partial charge in [-0.1, -0.05) is 24.3 Å². The van der Waals surface area contributed by atoms with Crippen molar-refractivity contribution in [1.29, 1.82) is 0 Å². The number of allylic oxidation sites excluding steroid dienone is 1. The summed E-state index contributed by atoms with van der Waals surface area (Å²) in [7, 11) is -1.75. The topological polar surface area (TPSA) is 64.0 Å². The zero-order chi connectivity index (χ0) is 15.9. The largest absolute Gasteiger partial charge is 0.276 e. The molecular weight excluding hydrogens is 298 g/mol. The molecule has 0 amide bonds. The number of sulfonamides is 1. The second-order valence-electron chi connectivity index (χ2n) is 5.58. The molecule has 5 nitrogen and oxygen atoms in total. The van der Waals surface area contributed by atoms with E-state index in [2.05, 4.69) is 9.82 Å². The van der Waals surface area contributed by atoms with E-state index in [9.17, 15) is 8.42 Å². The molecular formula is C16H19N3O2S. The van der Waals surface area contributed by atoms with Crippen LogP contribution in [-0.4, -0.2) is 18.2 Å². The first-order valence-electron chi connectivity index (χ1n) is 7.20. The zero-order valence-corrected chi connectivity index (χ0v) is 13.7. The molecule has 0 radical (unpaired) electrons. The van der Waals surface area contributed by atoms with Crippen molar-refractivity contribution in [2.24, 2.45) is 7.05 Å². The first kappa shape index (κ1) is 14.8. The molecule has 22 heavy (non-hydrogen) atoms. The lowest BCUT2D eigenvalue weighted by Crippen LogP contribution is -2.18. The Morgan fingerprint density at radius 1 is 1.18 bits per heavy atom. The van der Waals surface area contributed by atoms with Crippen LogP contribution in [0.15, 0.2) is 29.2 Å². The van der Waals surface area contributed by atoms with Gasteiger partial charge in [0.15, 0.2) is 0 Å². The van der Waals surface area contributed by atoms with Crippen LogP contribution in [0.3, 0.4) is 0 Å². The Hall–Kier alpha value is -2.08. The first-order valence-corrected chi connectivity index (χ1v) is 8.68. The summed E-state index contributed by atoms with van der Waals surface area (Å²) in [4.78, 5) is 0.425. The van der Waals surface area contributed by atoms with Crippen molar-refractivity contribution in [3.8, 4) is 0 Å². The van der Waals surface area contributed by atoms with E-state index in [0.717, 1.165) is 17.7 Å². The predicted octanol–water partition coefficient (Wildman–Crippen LogP) is 2.77. The molecule has 6 heteroatoms. The molecule has 1 aromatic heterocycles. The van der Waals surface area contributed by atoms with Gasteiger partial charge in [0.2, 0.25) is 0 Å². The average Bonchev–Trinajstić information content (AvgIpc) is 2.73. The van der Waals surface area contributed by atoms with Crippen LogP contribution in [0.4, 0.5) is 5.69 Å². The highest BCUT2D eigenvalue weighted by Gasteiger charge is 2.24. The van der Waals surface area contributed by atoms with Crippen molar-refractivity contribution < 1.29 is 8.42 Å². The summed E-state index contributed by atoms with van der Waals surface area (Å²) in [6.07, 6.45) is 3.03. The molecule has 0 bridgehead atoms. The lowest BCUT2D eigenvalue weighted by atomic mass is 9.98. The quantitative estimate of drug-likeness (QED) is 0.946. The minimum Gasteiger partial charge on any atom is -0.276 e. The number of hydrogen-bond donors (Lipinski definition) is 1. The number of hydrogen-bond acceptors (Lipinski definition) is 3. The highest BCUT2D eigenvalue weighted by molar-refractivity contribution is 7.96. The van der Waals surface area contributed by atoms with E-state index in [1.54, 1.807) is 24.7 Å². The van der Waals surface area contributed by atoms with Gasteiger partial charge >= 0.3 is 0 Å². The summed E-state index contributed by atoms with van der Waals surface area (Å²) in [5.74, 6) is 0. The molecule has 1 aliphatic rings. The highest BCUT2D eigenvalue weighted by Crippen LogP contribution is 2.29. The molecule has 0 spiro atoms. The fraction of sp³-hybridized carbons (Fsp3) is 0.312. The fourth-order valence-corrected chi connectivity index (χ4v) is 4.09. The number of nitrogens with zero attached hydrogens (tertiary/aromatic N) is 2. The summed E-state index contributed by atoms with van der Waals surface area (Å²) >= 11 is 0. The van der Waals surface area contributed by atoms with E-state index < -0.39 is 10.0 Å². The Morgan fingerprint density at radius 3 is 2.59 bits per heavy atom. The minimum absolute atomic E-state index is 0.425. The second-order valence-corrected chi connectivity index (χ2v) is 7.32. The van der Waals surface area contributed by atoms with Crippen molar-refractivity contribution in [3.63, 3.8) is 0 Å². The number of benzene rings is 1. The van der Waals surface area contributed by atoms with Gasteiger partial charge in [-0.15, -0.1) is 0 Å². The maximum Gasteiger partial charge on any atom is 0.258 e. The number of aromatic nitrogens is 2. The number of rotatable bonds is 3. The maximum atomic E-state index is 12.7. The maximum absolute atomic E-state index is 12.7. The van der Waals surface area contributed by atoms with E-state index in [0.29, 0.717) is 22.7 Å². The Balaban J connectivity index is 1.96. The first-order chi connectivity index (χ1) is 10.4. The van der Waals surface area contributed by atoms with Crippen molar-refractivity contribution in [3.05, 3.63) is 51.7 Å². The van der Waals surface area contributed by atoms with Crippen molar-refractivity contribution in [2.75, 3.05) is 4.72 Å². The van der Waals surface area contributed by atoms with E-state index in [1.807, 2.05) is 31.2 Å². The standard InChI is InChI=1S/C16H19N3O2S/c1-11-16(12(2)19(3)17-11)18-22(20,21)15-9-8-13-6-4-5-7-14(13)10-15/h4-7,10,18H,8-9H2,1-3H3. The normalized spacial score (nSPS) is 14.4. The molecule has 0 saturated heterocycles. The van der Waals surface area contributed by atoms with Crippen molar-refractivity contribution in [2.45, 2.75) is 26.7 Å². The number of fused-ring (bicyclic) bond motifs is 1. The molecule has 116 valence electrons. The van der Waals surface area contributed by atoms with Crippen LogP contribution in [0, 0.1) is 13.8 Å². The average molecular weight is 317 g/mol. The number of nitrogens with one attached hydrogen (secondary N) is 1. The van der Waals surface area contributed by atoms with Crippen LogP contribution < -0.4 is 4.72 Å². The van der Waals surface area contributed by atoms with Crippen LogP contribution >= 0.6 is 0 Å². The number of aryl methyl sites for hydroxylation is 3. The number of anilines is 1. The summed E-state index contributed by atoms with van der Waals surface area (Å²) in [5, 5.41) is 4.25. The molecule has 0 atom stereocenters. The van der Waals surface area contributed by atoms with Crippen molar-refractivity contribution >= 4 is 21.8 Å². The summed E-state index contributed by atoms with van der Waals surface area (Å²) in [5.41, 5.74) is 4.23. The molecule has 0 unspecified atom stereocenters. The van der Waals surface area contributed by atoms with Gasteiger partial charge < -0.3 is 0 Å². The summed E-state index contributed by atoms with van der Waals surface area (Å²) in [6.45, 7) is 3.65. The second kappa shape index (κ2) is 5.28. The Bertz CT molecular complexity index is 864. The molecule has 0 saturated carbocycles. The van der Waals surface area contributed by atoms with Gasteiger partial charge in [-0.25, -0.2) is 8.42 Å². The third-order valence-electron chi connectivity index (χ3n) is 4.10. The fourth-order valence-electron chi connectivity index (χ4n) is 2.74. The van der Waals surface area contributed by atoms with Crippen LogP contribution in [0.1, 0.15) is 28.9 Å². The SMILES string of the molecule is Cc1nn(C)c(C)c1NS(=O)(=O)C1=Cc2ccccc2CC1. The van der Waals surface area contributed by atoms with E-state index in [1.165, 1.54) is 5.56 Å². The monoisotopic (exact) mass is 317 g/mol. The van der Waals surface area contributed by atoms with Gasteiger partial charge in [-0.3, -0.25) is 9.40 Å². The van der Waals surface area contributed by atoms with Gasteiger partial charge in [-0.05, 0) is 43.9 Å². The van der Waals surface area contributed by atoms with Crippen molar-refractivity contribution in [1.82, 2.24) is 9.78 Å². The Labute approximate surface area is 130 Å². The molecule has 1 aromatic carbocycles. The summed E-state index contributed by atoms with van der Waals surface area (Å²) < 4.78 is 29.7. The van der Waals surface area contributed by atoms with Crippen LogP contribution in [0.5, 0.6) is 0 Å². The zero-order valence-electron chi connectivity index (χ0n) is 12.9. The molecule has 2 aromatic rings. The molecule has 1 aliphatic carbocycles. The van der Waals surface area contributed by atoms with E-state index in [-0.39, 0.29) is 0 Å². The minimum atomic E-state index is -3.55. The summed E-state index contributed by atoms with van der Waals surface area (Å²) in [6, 6.07) is 7.89. The lowest BCUT2D eigenvalue weighted by Gasteiger charge is -2.17. The van der Waals surface area contributed by atoms with Gasteiger partial charge in [0.05, 0.1) is 22.0 Å². The lowest BCUT2D eigenvalue weighted by molar-refractivity contribution is 0.605. The molecule has 0 fully saturated rings. The smallest absolute Gasteiger partial charge is 0.258 e. The highest BCUT2D eigenvalue weighted by atomic mass is 32.2.